The Hall–Kier alpha value is -0.680. The van der Waals surface area contributed by atoms with Crippen LogP contribution < -0.4 is 4.90 Å². The summed E-state index contributed by atoms with van der Waals surface area (Å²) in [5.74, 6) is 1.22. The summed E-state index contributed by atoms with van der Waals surface area (Å²) >= 11 is 5.34. The van der Waals surface area contributed by atoms with Crippen molar-refractivity contribution < 1.29 is 9.90 Å². The number of carboxylic acid groups (broad SMARTS) is 1. The Morgan fingerprint density at radius 2 is 2.32 bits per heavy atom. The zero-order valence-corrected chi connectivity index (χ0v) is 13.1. The molecule has 1 saturated heterocycles. The first-order chi connectivity index (χ1) is 9.09. The number of benzene rings is 1. The topological polar surface area (TPSA) is 40.5 Å². The number of hydrogen-bond donors (Lipinski definition) is 1. The smallest absolute Gasteiger partial charge is 0.311 e. The summed E-state index contributed by atoms with van der Waals surface area (Å²) in [6, 6.07) is 6.36. The van der Waals surface area contributed by atoms with Gasteiger partial charge in [0.15, 0.2) is 0 Å². The van der Waals surface area contributed by atoms with Gasteiger partial charge in [0.1, 0.15) is 0 Å². The highest BCUT2D eigenvalue weighted by molar-refractivity contribution is 9.10. The molecule has 1 fully saturated rings. The summed E-state index contributed by atoms with van der Waals surface area (Å²) in [5.41, 5.74) is 2.02. The van der Waals surface area contributed by atoms with E-state index in [9.17, 15) is 9.90 Å². The molecule has 2 aliphatic heterocycles. The predicted octanol–water partition coefficient (Wildman–Crippen LogP) is 3.19. The Kier molecular flexibility index (Phi) is 3.52. The van der Waals surface area contributed by atoms with Gasteiger partial charge in [-0.15, -0.1) is 0 Å². The van der Waals surface area contributed by atoms with Crippen LogP contribution in [0.2, 0.25) is 0 Å². The summed E-state index contributed by atoms with van der Waals surface area (Å²) < 4.78 is 0.952. The van der Waals surface area contributed by atoms with Crippen molar-refractivity contribution in [1.29, 1.82) is 0 Å². The van der Waals surface area contributed by atoms with E-state index in [4.69, 9.17) is 0 Å². The molecule has 1 aromatic carbocycles. The standard InChI is InChI=1S/C14H16BrNO2S/c1-16-11-3-2-8(15)6-9(11)13(14(17)18)10-7-19-5-4-12(10)16/h2-3,6,10,12-13H,4-5,7H2,1H3,(H,17,18). The van der Waals surface area contributed by atoms with Crippen LogP contribution >= 0.6 is 27.7 Å². The molecule has 102 valence electrons. The van der Waals surface area contributed by atoms with E-state index in [1.54, 1.807) is 0 Å². The molecule has 3 nitrogen and oxygen atoms in total. The van der Waals surface area contributed by atoms with Crippen LogP contribution in [0, 0.1) is 5.92 Å². The van der Waals surface area contributed by atoms with Crippen molar-refractivity contribution in [3.05, 3.63) is 28.2 Å². The Bertz CT molecular complexity index is 522. The first-order valence-electron chi connectivity index (χ1n) is 6.42. The summed E-state index contributed by atoms with van der Waals surface area (Å²) in [6.45, 7) is 0. The minimum atomic E-state index is -0.690. The molecule has 1 aromatic rings. The number of hydrogen-bond acceptors (Lipinski definition) is 3. The first-order valence-corrected chi connectivity index (χ1v) is 8.37. The molecular weight excluding hydrogens is 326 g/mol. The second-order valence-corrected chi connectivity index (χ2v) is 7.29. The molecule has 3 rings (SSSR count). The lowest BCUT2D eigenvalue weighted by Gasteiger charge is -2.47. The van der Waals surface area contributed by atoms with Gasteiger partial charge in [0, 0.05) is 29.2 Å². The highest BCUT2D eigenvalue weighted by Crippen LogP contribution is 2.46. The summed E-state index contributed by atoms with van der Waals surface area (Å²) in [7, 11) is 2.10. The molecule has 0 aromatic heterocycles. The fraction of sp³-hybridized carbons (Fsp3) is 0.500. The Labute approximate surface area is 125 Å². The van der Waals surface area contributed by atoms with Gasteiger partial charge >= 0.3 is 5.97 Å². The molecule has 2 heterocycles. The lowest BCUT2D eigenvalue weighted by Crippen LogP contribution is -2.50. The molecule has 0 aliphatic carbocycles. The maximum atomic E-state index is 11.7. The zero-order chi connectivity index (χ0) is 13.6. The maximum absolute atomic E-state index is 11.7. The second kappa shape index (κ2) is 5.02. The molecule has 0 amide bonds. The lowest BCUT2D eigenvalue weighted by atomic mass is 9.76. The van der Waals surface area contributed by atoms with E-state index in [2.05, 4.69) is 27.9 Å². The molecule has 0 bridgehead atoms. The van der Waals surface area contributed by atoms with E-state index in [1.807, 2.05) is 30.0 Å². The van der Waals surface area contributed by atoms with Crippen LogP contribution in [0.1, 0.15) is 17.9 Å². The third-order valence-corrected chi connectivity index (χ3v) is 5.90. The van der Waals surface area contributed by atoms with Gasteiger partial charge in [-0.25, -0.2) is 0 Å². The van der Waals surface area contributed by atoms with E-state index in [0.717, 1.165) is 33.7 Å². The zero-order valence-electron chi connectivity index (χ0n) is 10.7. The Balaban J connectivity index is 2.13. The average molecular weight is 342 g/mol. The van der Waals surface area contributed by atoms with Crippen LogP contribution in [0.15, 0.2) is 22.7 Å². The largest absolute Gasteiger partial charge is 0.481 e. The van der Waals surface area contributed by atoms with Crippen molar-refractivity contribution in [2.75, 3.05) is 23.5 Å². The predicted molar refractivity (Wildman–Crippen MR) is 82.1 cm³/mol. The third-order valence-electron chi connectivity index (χ3n) is 4.26. The minimum Gasteiger partial charge on any atom is -0.481 e. The first kappa shape index (κ1) is 13.3. The minimum absolute atomic E-state index is 0.211. The van der Waals surface area contributed by atoms with Crippen molar-refractivity contribution in [2.24, 2.45) is 5.92 Å². The summed E-state index contributed by atoms with van der Waals surface area (Å²) in [6.07, 6.45) is 1.07. The van der Waals surface area contributed by atoms with Gasteiger partial charge in [-0.1, -0.05) is 15.9 Å². The van der Waals surface area contributed by atoms with Crippen molar-refractivity contribution in [3.63, 3.8) is 0 Å². The van der Waals surface area contributed by atoms with Gasteiger partial charge < -0.3 is 10.0 Å². The van der Waals surface area contributed by atoms with Crippen molar-refractivity contribution in [3.8, 4) is 0 Å². The summed E-state index contributed by atoms with van der Waals surface area (Å²) in [4.78, 5) is 14.0. The van der Waals surface area contributed by atoms with E-state index in [-0.39, 0.29) is 11.8 Å². The molecule has 0 radical (unpaired) electrons. The fourth-order valence-corrected chi connectivity index (χ4v) is 5.01. The van der Waals surface area contributed by atoms with Gasteiger partial charge in [-0.2, -0.15) is 11.8 Å². The van der Waals surface area contributed by atoms with Gasteiger partial charge in [0.05, 0.1) is 5.92 Å². The molecule has 3 atom stereocenters. The molecule has 1 N–H and O–H groups in total. The van der Waals surface area contributed by atoms with Crippen molar-refractivity contribution in [1.82, 2.24) is 0 Å². The van der Waals surface area contributed by atoms with Gasteiger partial charge in [-0.3, -0.25) is 4.79 Å². The second-order valence-electron chi connectivity index (χ2n) is 5.22. The van der Waals surface area contributed by atoms with Crippen LogP contribution in [-0.4, -0.2) is 35.7 Å². The number of nitrogens with zero attached hydrogens (tertiary/aromatic N) is 1. The molecule has 19 heavy (non-hydrogen) atoms. The number of aliphatic carboxylic acids is 1. The Morgan fingerprint density at radius 1 is 1.53 bits per heavy atom. The van der Waals surface area contributed by atoms with Crippen molar-refractivity contribution in [2.45, 2.75) is 18.4 Å². The van der Waals surface area contributed by atoms with E-state index < -0.39 is 5.97 Å². The van der Waals surface area contributed by atoms with E-state index in [0.29, 0.717) is 6.04 Å². The van der Waals surface area contributed by atoms with Crippen LogP contribution in [-0.2, 0) is 4.79 Å². The number of halogens is 1. The van der Waals surface area contributed by atoms with E-state index >= 15 is 0 Å². The molecule has 5 heteroatoms. The molecule has 3 unspecified atom stereocenters. The highest BCUT2D eigenvalue weighted by atomic mass is 79.9. The maximum Gasteiger partial charge on any atom is 0.311 e. The molecule has 0 saturated carbocycles. The monoisotopic (exact) mass is 341 g/mol. The van der Waals surface area contributed by atoms with Crippen LogP contribution in [0.3, 0.4) is 0 Å². The van der Waals surface area contributed by atoms with Crippen LogP contribution in [0.5, 0.6) is 0 Å². The quantitative estimate of drug-likeness (QED) is 0.851. The number of anilines is 1. The van der Waals surface area contributed by atoms with Crippen LogP contribution in [0.25, 0.3) is 0 Å². The number of carbonyl (C=O) groups is 1. The molecule has 0 spiro atoms. The number of rotatable bonds is 1. The lowest BCUT2D eigenvalue weighted by molar-refractivity contribution is -0.140. The Morgan fingerprint density at radius 3 is 3.05 bits per heavy atom. The normalized spacial score (nSPS) is 29.6. The number of fused-ring (bicyclic) bond motifs is 2. The number of thioether (sulfide) groups is 1. The number of carboxylic acids is 1. The summed E-state index contributed by atoms with van der Waals surface area (Å²) in [5, 5.41) is 9.66. The van der Waals surface area contributed by atoms with Crippen LogP contribution in [0.4, 0.5) is 5.69 Å². The third kappa shape index (κ3) is 2.17. The van der Waals surface area contributed by atoms with Gasteiger partial charge in [0.25, 0.3) is 0 Å². The molecule has 2 aliphatic rings. The fourth-order valence-electron chi connectivity index (χ4n) is 3.37. The average Bonchev–Trinajstić information content (AvgIpc) is 2.38. The van der Waals surface area contributed by atoms with Gasteiger partial charge in [-0.05, 0) is 41.7 Å². The van der Waals surface area contributed by atoms with Gasteiger partial charge in [0.2, 0.25) is 0 Å². The highest BCUT2D eigenvalue weighted by Gasteiger charge is 2.44. The van der Waals surface area contributed by atoms with E-state index in [1.165, 1.54) is 0 Å². The molecular formula is C14H16BrNO2S. The van der Waals surface area contributed by atoms with Crippen molar-refractivity contribution >= 4 is 39.3 Å². The SMILES string of the molecule is CN1c2ccc(Br)cc2C(C(=O)O)C2CSCCC21.